The van der Waals surface area contributed by atoms with Gasteiger partial charge in [0.05, 0.1) is 14.2 Å². The van der Waals surface area contributed by atoms with Gasteiger partial charge in [-0.15, -0.1) is 10.2 Å². The van der Waals surface area contributed by atoms with Crippen LogP contribution >= 0.6 is 0 Å². The summed E-state index contributed by atoms with van der Waals surface area (Å²) in [6.07, 6.45) is 3.16. The van der Waals surface area contributed by atoms with Crippen molar-refractivity contribution in [3.05, 3.63) is 47.8 Å². The highest BCUT2D eigenvalue weighted by molar-refractivity contribution is 7.93. The predicted molar refractivity (Wildman–Crippen MR) is 133 cm³/mol. The zero-order valence-corrected chi connectivity index (χ0v) is 21.7. The van der Waals surface area contributed by atoms with Gasteiger partial charge in [-0.3, -0.25) is 9.29 Å². The third kappa shape index (κ3) is 4.99. The van der Waals surface area contributed by atoms with Crippen molar-refractivity contribution in [3.63, 3.8) is 0 Å². The summed E-state index contributed by atoms with van der Waals surface area (Å²) in [4.78, 5) is 8.51. The van der Waals surface area contributed by atoms with Gasteiger partial charge in [-0.25, -0.2) is 18.4 Å². The number of para-hydroxylation sites is 1. The molecule has 3 heterocycles. The summed E-state index contributed by atoms with van der Waals surface area (Å²) in [5.74, 6) is 1.88. The summed E-state index contributed by atoms with van der Waals surface area (Å²) < 4.78 is 48.1. The molecular weight excluding hydrogens is 486 g/mol. The van der Waals surface area contributed by atoms with Gasteiger partial charge in [0.1, 0.15) is 34.4 Å². The highest BCUT2D eigenvalue weighted by Crippen LogP contribution is 2.38. The number of aromatic nitrogens is 5. The fourth-order valence-electron chi connectivity index (χ4n) is 4.21. The molecule has 1 saturated heterocycles. The number of hydrogen-bond donors (Lipinski definition) is 2. The number of rotatable bonds is 10. The second kappa shape index (κ2) is 10.8. The molecule has 3 atom stereocenters. The average Bonchev–Trinajstić information content (AvgIpc) is 3.54. The Morgan fingerprint density at radius 3 is 2.33 bits per heavy atom. The lowest BCUT2D eigenvalue weighted by Gasteiger charge is -2.23. The molecule has 0 spiro atoms. The van der Waals surface area contributed by atoms with Crippen LogP contribution in [0.3, 0.4) is 0 Å². The molecule has 0 amide bonds. The molecule has 1 aliphatic heterocycles. The van der Waals surface area contributed by atoms with E-state index in [0.717, 1.165) is 18.5 Å². The van der Waals surface area contributed by atoms with Crippen LogP contribution in [0.4, 0.5) is 5.95 Å². The summed E-state index contributed by atoms with van der Waals surface area (Å²) in [5.41, 5.74) is 1.36. The first kappa shape index (κ1) is 25.8. The van der Waals surface area contributed by atoms with Gasteiger partial charge in [0.25, 0.3) is 0 Å². The van der Waals surface area contributed by atoms with E-state index in [1.54, 1.807) is 35.2 Å². The number of anilines is 1. The van der Waals surface area contributed by atoms with E-state index in [2.05, 4.69) is 30.2 Å². The van der Waals surface area contributed by atoms with Gasteiger partial charge < -0.3 is 19.5 Å². The summed E-state index contributed by atoms with van der Waals surface area (Å²) in [5, 5.41) is 10.9. The number of hydrogen-bond acceptors (Lipinski definition) is 10. The van der Waals surface area contributed by atoms with Crippen LogP contribution in [0, 0.1) is 6.92 Å². The topological polar surface area (TPSA) is 142 Å². The predicted octanol–water partition coefficient (Wildman–Crippen LogP) is 1.98. The van der Waals surface area contributed by atoms with Crippen LogP contribution in [0.15, 0.2) is 30.6 Å². The van der Waals surface area contributed by atoms with Crippen molar-refractivity contribution >= 4 is 16.0 Å². The Balaban J connectivity index is 1.77. The van der Waals surface area contributed by atoms with Gasteiger partial charge in [0.15, 0.2) is 5.82 Å². The van der Waals surface area contributed by atoms with Crippen LogP contribution in [0.1, 0.15) is 42.6 Å². The molecule has 0 bridgehead atoms. The van der Waals surface area contributed by atoms with Crippen LogP contribution in [-0.4, -0.2) is 72.8 Å². The van der Waals surface area contributed by atoms with Gasteiger partial charge >= 0.3 is 0 Å². The fraction of sp³-hybridized carbons (Fsp3) is 0.478. The van der Waals surface area contributed by atoms with E-state index in [1.165, 1.54) is 28.3 Å². The normalized spacial score (nSPS) is 17.5. The van der Waals surface area contributed by atoms with E-state index in [4.69, 9.17) is 14.2 Å². The van der Waals surface area contributed by atoms with Crippen molar-refractivity contribution in [3.8, 4) is 17.2 Å². The SMILES string of the molecule is COc1cccc(OC)c1-n1c(NS(=O)(=O)[C@@H](C)[C@H](OC)c2ncc(C)cn2)nnc1[C@@H]1CCNC1. The van der Waals surface area contributed by atoms with Gasteiger partial charge in [0.2, 0.25) is 16.0 Å². The van der Waals surface area contributed by atoms with Crippen LogP contribution in [0.5, 0.6) is 11.5 Å². The van der Waals surface area contributed by atoms with Gasteiger partial charge in [-0.1, -0.05) is 6.07 Å². The van der Waals surface area contributed by atoms with Gasteiger partial charge in [0, 0.05) is 32.0 Å². The van der Waals surface area contributed by atoms with Crippen LogP contribution in [-0.2, 0) is 14.8 Å². The number of nitrogens with one attached hydrogen (secondary N) is 2. The first-order chi connectivity index (χ1) is 17.3. The third-order valence-electron chi connectivity index (χ3n) is 6.20. The van der Waals surface area contributed by atoms with Crippen molar-refractivity contribution in [2.75, 3.05) is 39.1 Å². The van der Waals surface area contributed by atoms with E-state index in [9.17, 15) is 8.42 Å². The lowest BCUT2D eigenvalue weighted by atomic mass is 10.1. The third-order valence-corrected chi connectivity index (χ3v) is 7.89. The molecule has 1 aliphatic rings. The summed E-state index contributed by atoms with van der Waals surface area (Å²) in [7, 11) is 0.461. The Morgan fingerprint density at radius 2 is 1.78 bits per heavy atom. The van der Waals surface area contributed by atoms with Crippen molar-refractivity contribution in [2.24, 2.45) is 0 Å². The highest BCUT2D eigenvalue weighted by Gasteiger charge is 2.36. The lowest BCUT2D eigenvalue weighted by Crippen LogP contribution is -2.33. The second-order valence-electron chi connectivity index (χ2n) is 8.55. The Hall–Kier alpha value is -3.29. The van der Waals surface area contributed by atoms with Crippen molar-refractivity contribution in [2.45, 2.75) is 37.5 Å². The minimum absolute atomic E-state index is 0.0197. The quantitative estimate of drug-likeness (QED) is 0.410. The van der Waals surface area contributed by atoms with Crippen molar-refractivity contribution in [1.29, 1.82) is 0 Å². The molecular formula is C23H31N7O5S. The molecule has 1 fully saturated rings. The highest BCUT2D eigenvalue weighted by atomic mass is 32.2. The molecule has 0 saturated carbocycles. The zero-order valence-electron chi connectivity index (χ0n) is 20.9. The Labute approximate surface area is 210 Å². The number of aryl methyl sites for hydroxylation is 1. The molecule has 2 aromatic heterocycles. The molecule has 4 rings (SSSR count). The monoisotopic (exact) mass is 517 g/mol. The minimum Gasteiger partial charge on any atom is -0.494 e. The van der Waals surface area contributed by atoms with Gasteiger partial charge in [-0.05, 0) is 44.5 Å². The first-order valence-corrected chi connectivity index (χ1v) is 13.1. The second-order valence-corrected chi connectivity index (χ2v) is 10.6. The Morgan fingerprint density at radius 1 is 1.11 bits per heavy atom. The molecule has 12 nitrogen and oxygen atoms in total. The smallest absolute Gasteiger partial charge is 0.243 e. The maximum Gasteiger partial charge on any atom is 0.243 e. The number of benzene rings is 1. The summed E-state index contributed by atoms with van der Waals surface area (Å²) in [6.45, 7) is 4.90. The maximum atomic E-state index is 13.6. The molecule has 36 heavy (non-hydrogen) atoms. The van der Waals surface area contributed by atoms with E-state index in [0.29, 0.717) is 29.6 Å². The largest absolute Gasteiger partial charge is 0.494 e. The fourth-order valence-corrected chi connectivity index (χ4v) is 5.34. The van der Waals surface area contributed by atoms with Crippen molar-refractivity contribution in [1.82, 2.24) is 30.0 Å². The zero-order chi connectivity index (χ0) is 25.9. The molecule has 3 aromatic rings. The molecule has 0 radical (unpaired) electrons. The standard InChI is InChI=1S/C23H31N7O5S/c1-14-11-25-21(26-12-14)20(35-5)15(2)36(31,32)29-23-28-27-22(16-9-10-24-13-16)30(23)19-17(33-3)7-6-8-18(19)34-4/h6-8,11-12,15-16,20,24H,9-10,13H2,1-5H3,(H,28,29)/t15-,16+,20-/m0/s1. The molecule has 13 heteroatoms. The minimum atomic E-state index is -4.04. The van der Waals surface area contributed by atoms with E-state index in [1.807, 2.05) is 6.92 Å². The van der Waals surface area contributed by atoms with Crippen molar-refractivity contribution < 1.29 is 22.6 Å². The van der Waals surface area contributed by atoms with E-state index >= 15 is 0 Å². The average molecular weight is 518 g/mol. The summed E-state index contributed by atoms with van der Waals surface area (Å²) >= 11 is 0. The number of ether oxygens (including phenoxy) is 3. The van der Waals surface area contributed by atoms with Crippen LogP contribution in [0.25, 0.3) is 5.69 Å². The molecule has 0 unspecified atom stereocenters. The first-order valence-electron chi connectivity index (χ1n) is 11.5. The van der Waals surface area contributed by atoms with Crippen LogP contribution < -0.4 is 19.5 Å². The van der Waals surface area contributed by atoms with Gasteiger partial charge in [-0.2, -0.15) is 0 Å². The molecule has 1 aromatic carbocycles. The van der Waals surface area contributed by atoms with E-state index < -0.39 is 21.4 Å². The summed E-state index contributed by atoms with van der Waals surface area (Å²) in [6, 6.07) is 5.33. The number of nitrogens with zero attached hydrogens (tertiary/aromatic N) is 5. The Bertz CT molecular complexity index is 1270. The maximum absolute atomic E-state index is 13.6. The molecule has 0 aliphatic carbocycles. The van der Waals surface area contributed by atoms with E-state index in [-0.39, 0.29) is 17.7 Å². The Kier molecular flexibility index (Phi) is 7.71. The lowest BCUT2D eigenvalue weighted by molar-refractivity contribution is 0.0949. The number of methoxy groups -OCH3 is 3. The molecule has 2 N–H and O–H groups in total. The molecule has 194 valence electrons. The number of sulfonamides is 1. The van der Waals surface area contributed by atoms with Crippen LogP contribution in [0.2, 0.25) is 0 Å².